The van der Waals surface area contributed by atoms with Crippen molar-refractivity contribution in [3.8, 4) is 11.6 Å². The van der Waals surface area contributed by atoms with Crippen molar-refractivity contribution < 1.29 is 12.8 Å². The Bertz CT molecular complexity index is 1040. The predicted molar refractivity (Wildman–Crippen MR) is 117 cm³/mol. The molecule has 0 spiro atoms. The first kappa shape index (κ1) is 20.7. The molecule has 0 saturated heterocycles. The second-order valence-corrected chi connectivity index (χ2v) is 11.2. The van der Waals surface area contributed by atoms with Crippen molar-refractivity contribution >= 4 is 37.5 Å². The number of aromatic nitrogens is 3. The van der Waals surface area contributed by atoms with Gasteiger partial charge in [-0.2, -0.15) is 0 Å². The number of sulfone groups is 1. The number of hydrogen-bond acceptors (Lipinski definition) is 6. The summed E-state index contributed by atoms with van der Waals surface area (Å²) in [6, 6.07) is 10.8. The molecular weight excluding hydrogens is 474 g/mol. The Kier molecular flexibility index (Phi) is 6.46. The van der Waals surface area contributed by atoms with Crippen LogP contribution in [-0.2, 0) is 9.84 Å². The summed E-state index contributed by atoms with van der Waals surface area (Å²) in [5.41, 5.74) is 0. The van der Waals surface area contributed by atoms with Crippen LogP contribution in [0.5, 0.6) is 0 Å². The van der Waals surface area contributed by atoms with Crippen molar-refractivity contribution in [2.24, 2.45) is 0 Å². The molecule has 1 aliphatic carbocycles. The third kappa shape index (κ3) is 4.78. The first-order valence-corrected chi connectivity index (χ1v) is 13.1. The summed E-state index contributed by atoms with van der Waals surface area (Å²) in [4.78, 5) is 0.339. The van der Waals surface area contributed by atoms with Gasteiger partial charge < -0.3 is 4.42 Å². The first-order chi connectivity index (χ1) is 14.0. The lowest BCUT2D eigenvalue weighted by molar-refractivity contribution is 0.337. The van der Waals surface area contributed by atoms with Gasteiger partial charge in [-0.05, 0) is 49.2 Å². The van der Waals surface area contributed by atoms with Crippen molar-refractivity contribution in [3.63, 3.8) is 0 Å². The molecule has 2 aromatic heterocycles. The Morgan fingerprint density at radius 1 is 1.10 bits per heavy atom. The lowest BCUT2D eigenvalue weighted by Crippen LogP contribution is -2.15. The summed E-state index contributed by atoms with van der Waals surface area (Å²) >= 11 is 4.78. The molecule has 0 amide bonds. The Balaban J connectivity index is 1.52. The van der Waals surface area contributed by atoms with Gasteiger partial charge in [-0.25, -0.2) is 8.42 Å². The topological polar surface area (TPSA) is 78.0 Å². The highest BCUT2D eigenvalue weighted by molar-refractivity contribution is 9.10. The van der Waals surface area contributed by atoms with E-state index in [0.29, 0.717) is 22.5 Å². The van der Waals surface area contributed by atoms with Gasteiger partial charge in [-0.1, -0.05) is 47.0 Å². The van der Waals surface area contributed by atoms with E-state index in [1.807, 2.05) is 12.1 Å². The maximum atomic E-state index is 12.6. The Labute approximate surface area is 183 Å². The van der Waals surface area contributed by atoms with Gasteiger partial charge >= 0.3 is 0 Å². The van der Waals surface area contributed by atoms with E-state index in [4.69, 9.17) is 4.42 Å². The van der Waals surface area contributed by atoms with Gasteiger partial charge in [-0.3, -0.25) is 4.57 Å². The summed E-state index contributed by atoms with van der Waals surface area (Å²) < 4.78 is 33.8. The molecule has 0 aliphatic heterocycles. The van der Waals surface area contributed by atoms with Crippen LogP contribution in [0.1, 0.15) is 38.1 Å². The van der Waals surface area contributed by atoms with Crippen molar-refractivity contribution in [2.45, 2.75) is 48.2 Å². The Hall–Kier alpha value is -1.58. The molecule has 0 bridgehead atoms. The second-order valence-electron chi connectivity index (χ2n) is 7.07. The molecule has 1 fully saturated rings. The summed E-state index contributed by atoms with van der Waals surface area (Å²) in [5, 5.41) is 9.49. The maximum Gasteiger partial charge on any atom is 0.200 e. The SMILES string of the molecule is O=S(=O)(CCSc1nnc(-c2ccco2)n1C1CCCCC1)c1ccc(Br)cc1. The molecule has 154 valence electrons. The standard InChI is InChI=1S/C20H22BrN3O3S2/c21-15-8-10-17(11-9-15)29(25,26)14-13-28-20-23-22-19(18-7-4-12-27-18)24(20)16-5-2-1-3-6-16/h4,7-12,16H,1-3,5-6,13-14H2. The van der Waals surface area contributed by atoms with E-state index in [0.717, 1.165) is 28.3 Å². The molecule has 0 radical (unpaired) electrons. The van der Waals surface area contributed by atoms with E-state index in [-0.39, 0.29) is 5.75 Å². The quantitative estimate of drug-likeness (QED) is 0.409. The lowest BCUT2D eigenvalue weighted by atomic mass is 9.95. The van der Waals surface area contributed by atoms with E-state index in [2.05, 4.69) is 30.7 Å². The number of halogens is 1. The van der Waals surface area contributed by atoms with E-state index in [1.54, 1.807) is 30.5 Å². The molecule has 0 N–H and O–H groups in total. The molecule has 29 heavy (non-hydrogen) atoms. The van der Waals surface area contributed by atoms with Crippen molar-refractivity contribution in [2.75, 3.05) is 11.5 Å². The minimum Gasteiger partial charge on any atom is -0.461 e. The summed E-state index contributed by atoms with van der Waals surface area (Å²) in [6.07, 6.45) is 7.41. The molecular formula is C20H22BrN3O3S2. The fourth-order valence-electron chi connectivity index (χ4n) is 3.62. The molecule has 0 unspecified atom stereocenters. The molecule has 2 heterocycles. The summed E-state index contributed by atoms with van der Waals surface area (Å²) in [6.45, 7) is 0. The normalized spacial score (nSPS) is 15.6. The number of benzene rings is 1. The van der Waals surface area contributed by atoms with Gasteiger partial charge in [0.15, 0.2) is 20.8 Å². The maximum absolute atomic E-state index is 12.6. The van der Waals surface area contributed by atoms with E-state index in [9.17, 15) is 8.42 Å². The van der Waals surface area contributed by atoms with Gasteiger partial charge in [0.25, 0.3) is 0 Å². The van der Waals surface area contributed by atoms with Crippen LogP contribution in [0.3, 0.4) is 0 Å². The lowest BCUT2D eigenvalue weighted by Gasteiger charge is -2.25. The molecule has 4 rings (SSSR count). The Morgan fingerprint density at radius 3 is 2.55 bits per heavy atom. The van der Waals surface area contributed by atoms with Crippen molar-refractivity contribution in [1.29, 1.82) is 0 Å². The van der Waals surface area contributed by atoms with Crippen LogP contribution in [0, 0.1) is 0 Å². The minimum atomic E-state index is -3.34. The van der Waals surface area contributed by atoms with Gasteiger partial charge in [-0.15, -0.1) is 10.2 Å². The largest absolute Gasteiger partial charge is 0.461 e. The number of rotatable bonds is 7. The number of thioether (sulfide) groups is 1. The van der Waals surface area contributed by atoms with Crippen LogP contribution in [-0.4, -0.2) is 34.7 Å². The van der Waals surface area contributed by atoms with Gasteiger partial charge in [0, 0.05) is 16.3 Å². The molecule has 0 atom stereocenters. The third-order valence-electron chi connectivity index (χ3n) is 5.10. The number of nitrogens with zero attached hydrogens (tertiary/aromatic N) is 3. The van der Waals surface area contributed by atoms with E-state index < -0.39 is 9.84 Å². The fourth-order valence-corrected chi connectivity index (χ4v) is 6.54. The third-order valence-corrected chi connectivity index (χ3v) is 8.57. The van der Waals surface area contributed by atoms with Gasteiger partial charge in [0.2, 0.25) is 5.82 Å². The summed E-state index contributed by atoms with van der Waals surface area (Å²) in [7, 11) is -3.34. The predicted octanol–water partition coefficient (Wildman–Crippen LogP) is 5.37. The average molecular weight is 496 g/mol. The van der Waals surface area contributed by atoms with Crippen LogP contribution in [0.25, 0.3) is 11.6 Å². The smallest absolute Gasteiger partial charge is 0.200 e. The molecule has 9 heteroatoms. The van der Waals surface area contributed by atoms with Gasteiger partial charge in [0.05, 0.1) is 16.9 Å². The zero-order valence-electron chi connectivity index (χ0n) is 15.8. The zero-order valence-corrected chi connectivity index (χ0v) is 19.0. The number of furan rings is 1. The average Bonchev–Trinajstić information content (AvgIpc) is 3.38. The van der Waals surface area contributed by atoms with Crippen LogP contribution in [0.4, 0.5) is 0 Å². The van der Waals surface area contributed by atoms with Crippen LogP contribution in [0.15, 0.2) is 61.6 Å². The first-order valence-electron chi connectivity index (χ1n) is 9.64. The second kappa shape index (κ2) is 9.06. The van der Waals surface area contributed by atoms with Gasteiger partial charge in [0.1, 0.15) is 0 Å². The molecule has 1 aliphatic rings. The number of hydrogen-bond donors (Lipinski definition) is 0. The Morgan fingerprint density at radius 2 is 1.86 bits per heavy atom. The fraction of sp³-hybridized carbons (Fsp3) is 0.400. The van der Waals surface area contributed by atoms with Crippen molar-refractivity contribution in [1.82, 2.24) is 14.8 Å². The molecule has 1 saturated carbocycles. The highest BCUT2D eigenvalue weighted by Gasteiger charge is 2.25. The molecule has 6 nitrogen and oxygen atoms in total. The van der Waals surface area contributed by atoms with Crippen LogP contribution in [0.2, 0.25) is 0 Å². The van der Waals surface area contributed by atoms with E-state index in [1.165, 1.54) is 31.0 Å². The van der Waals surface area contributed by atoms with Crippen molar-refractivity contribution in [3.05, 3.63) is 47.1 Å². The minimum absolute atomic E-state index is 0.0485. The highest BCUT2D eigenvalue weighted by Crippen LogP contribution is 2.35. The highest BCUT2D eigenvalue weighted by atomic mass is 79.9. The van der Waals surface area contributed by atoms with Crippen LogP contribution < -0.4 is 0 Å². The van der Waals surface area contributed by atoms with E-state index >= 15 is 0 Å². The monoisotopic (exact) mass is 495 g/mol. The van der Waals surface area contributed by atoms with Crippen LogP contribution >= 0.6 is 27.7 Å². The molecule has 3 aromatic rings. The summed E-state index contributed by atoms with van der Waals surface area (Å²) in [5.74, 6) is 1.88. The molecule has 1 aromatic carbocycles. The zero-order chi connectivity index (χ0) is 20.3.